The second-order valence-electron chi connectivity index (χ2n) is 6.01. The lowest BCUT2D eigenvalue weighted by Gasteiger charge is -2.20. The number of hydrogen-bond donors (Lipinski definition) is 1. The number of benzene rings is 1. The molecular formula is C17H20N2O5. The van der Waals surface area contributed by atoms with E-state index in [9.17, 15) is 19.2 Å². The number of imide groups is 1. The van der Waals surface area contributed by atoms with Gasteiger partial charge in [-0.3, -0.25) is 19.3 Å². The molecule has 0 aliphatic carbocycles. The van der Waals surface area contributed by atoms with Crippen LogP contribution in [-0.2, 0) is 14.3 Å². The molecule has 1 N–H and O–H groups in total. The summed E-state index contributed by atoms with van der Waals surface area (Å²) in [7, 11) is 0. The van der Waals surface area contributed by atoms with Gasteiger partial charge in [0.15, 0.2) is 6.61 Å². The van der Waals surface area contributed by atoms with E-state index in [1.54, 1.807) is 12.1 Å². The number of carbonyl (C=O) groups is 4. The van der Waals surface area contributed by atoms with E-state index in [1.807, 2.05) is 13.8 Å². The number of carbonyl (C=O) groups excluding carboxylic acids is 4. The number of ether oxygens (including phenoxy) is 1. The molecule has 0 aromatic heterocycles. The van der Waals surface area contributed by atoms with Gasteiger partial charge in [0.05, 0.1) is 11.1 Å². The Hall–Kier alpha value is -2.70. The van der Waals surface area contributed by atoms with Crippen molar-refractivity contribution >= 4 is 23.7 Å². The minimum atomic E-state index is -1.10. The van der Waals surface area contributed by atoms with Gasteiger partial charge < -0.3 is 10.1 Å². The van der Waals surface area contributed by atoms with Crippen molar-refractivity contribution in [1.29, 1.82) is 0 Å². The van der Waals surface area contributed by atoms with Crippen molar-refractivity contribution < 1.29 is 23.9 Å². The van der Waals surface area contributed by atoms with E-state index in [0.29, 0.717) is 6.54 Å². The molecule has 0 bridgehead atoms. The third kappa shape index (κ3) is 3.61. The topological polar surface area (TPSA) is 92.8 Å². The Morgan fingerprint density at radius 3 is 2.12 bits per heavy atom. The molecule has 7 heteroatoms. The van der Waals surface area contributed by atoms with Crippen LogP contribution in [0.1, 0.15) is 41.5 Å². The van der Waals surface area contributed by atoms with Crippen LogP contribution in [0, 0.1) is 5.92 Å². The van der Waals surface area contributed by atoms with E-state index in [4.69, 9.17) is 4.74 Å². The van der Waals surface area contributed by atoms with E-state index in [1.165, 1.54) is 19.1 Å². The van der Waals surface area contributed by atoms with Crippen LogP contribution in [0.25, 0.3) is 0 Å². The summed E-state index contributed by atoms with van der Waals surface area (Å²) in [6.07, 6.45) is 0. The number of nitrogens with one attached hydrogen (secondary N) is 1. The monoisotopic (exact) mass is 332 g/mol. The molecule has 1 aliphatic heterocycles. The van der Waals surface area contributed by atoms with Gasteiger partial charge in [-0.05, 0) is 25.0 Å². The van der Waals surface area contributed by atoms with E-state index < -0.39 is 36.3 Å². The summed E-state index contributed by atoms with van der Waals surface area (Å²) in [6.45, 7) is 5.31. The quantitative estimate of drug-likeness (QED) is 0.619. The zero-order valence-electron chi connectivity index (χ0n) is 13.9. The Balaban J connectivity index is 1.96. The average molecular weight is 332 g/mol. The maximum atomic E-state index is 12.3. The summed E-state index contributed by atoms with van der Waals surface area (Å²) in [5, 5.41) is 2.61. The maximum absolute atomic E-state index is 12.3. The predicted octanol–water partition coefficient (Wildman–Crippen LogP) is 0.986. The van der Waals surface area contributed by atoms with Crippen LogP contribution >= 0.6 is 0 Å². The molecule has 1 heterocycles. The van der Waals surface area contributed by atoms with Gasteiger partial charge in [0, 0.05) is 6.54 Å². The molecular weight excluding hydrogens is 312 g/mol. The van der Waals surface area contributed by atoms with E-state index in [0.717, 1.165) is 4.90 Å². The SMILES string of the molecule is CC(C)CNC(=O)COC(=O)[C@H](C)N1C(=O)c2ccccc2C1=O. The normalized spacial score (nSPS) is 14.6. The molecule has 0 saturated carbocycles. The molecule has 0 unspecified atom stereocenters. The smallest absolute Gasteiger partial charge is 0.329 e. The lowest BCUT2D eigenvalue weighted by Crippen LogP contribution is -2.44. The van der Waals surface area contributed by atoms with Gasteiger partial charge in [-0.2, -0.15) is 0 Å². The fraction of sp³-hybridized carbons (Fsp3) is 0.412. The molecule has 128 valence electrons. The molecule has 1 atom stereocenters. The van der Waals surface area contributed by atoms with Crippen molar-refractivity contribution in [1.82, 2.24) is 10.2 Å². The summed E-state index contributed by atoms with van der Waals surface area (Å²) in [5.41, 5.74) is 0.522. The molecule has 7 nitrogen and oxygen atoms in total. The average Bonchev–Trinajstić information content (AvgIpc) is 2.81. The maximum Gasteiger partial charge on any atom is 0.329 e. The Morgan fingerprint density at radius 1 is 1.08 bits per heavy atom. The highest BCUT2D eigenvalue weighted by atomic mass is 16.5. The number of nitrogens with zero attached hydrogens (tertiary/aromatic N) is 1. The lowest BCUT2D eigenvalue weighted by molar-refractivity contribution is -0.151. The fourth-order valence-corrected chi connectivity index (χ4v) is 2.29. The molecule has 2 rings (SSSR count). The molecule has 1 aromatic carbocycles. The van der Waals surface area contributed by atoms with E-state index in [2.05, 4.69) is 5.32 Å². The lowest BCUT2D eigenvalue weighted by atomic mass is 10.1. The van der Waals surface area contributed by atoms with Gasteiger partial charge in [0.25, 0.3) is 17.7 Å². The highest BCUT2D eigenvalue weighted by molar-refractivity contribution is 6.22. The summed E-state index contributed by atoms with van der Waals surface area (Å²) < 4.78 is 4.91. The molecule has 24 heavy (non-hydrogen) atoms. The highest BCUT2D eigenvalue weighted by Gasteiger charge is 2.41. The predicted molar refractivity (Wildman–Crippen MR) is 85.2 cm³/mol. The van der Waals surface area contributed by atoms with Crippen LogP contribution in [0.2, 0.25) is 0 Å². The van der Waals surface area contributed by atoms with E-state index in [-0.39, 0.29) is 17.0 Å². The summed E-state index contributed by atoms with van der Waals surface area (Å²) in [6, 6.07) is 5.26. The van der Waals surface area contributed by atoms with Crippen molar-refractivity contribution in [2.24, 2.45) is 5.92 Å². The third-order valence-electron chi connectivity index (χ3n) is 3.61. The van der Waals surface area contributed by atoms with Gasteiger partial charge in [-0.15, -0.1) is 0 Å². The van der Waals surface area contributed by atoms with Gasteiger partial charge in [-0.25, -0.2) is 4.79 Å². The minimum absolute atomic E-state index is 0.261. The first kappa shape index (κ1) is 17.7. The van der Waals surface area contributed by atoms with Crippen molar-refractivity contribution in [3.63, 3.8) is 0 Å². The minimum Gasteiger partial charge on any atom is -0.454 e. The van der Waals surface area contributed by atoms with Crippen LogP contribution in [0.3, 0.4) is 0 Å². The largest absolute Gasteiger partial charge is 0.454 e. The van der Waals surface area contributed by atoms with Crippen molar-refractivity contribution in [3.05, 3.63) is 35.4 Å². The molecule has 0 saturated heterocycles. The Kier molecular flexibility index (Phi) is 5.33. The zero-order chi connectivity index (χ0) is 17.9. The number of fused-ring (bicyclic) bond motifs is 1. The first-order chi connectivity index (χ1) is 11.3. The van der Waals surface area contributed by atoms with Crippen LogP contribution in [0.4, 0.5) is 0 Å². The Labute approximate surface area is 140 Å². The number of rotatable bonds is 6. The zero-order valence-corrected chi connectivity index (χ0v) is 13.9. The van der Waals surface area contributed by atoms with E-state index >= 15 is 0 Å². The summed E-state index contributed by atoms with van der Waals surface area (Å²) >= 11 is 0. The molecule has 0 fully saturated rings. The van der Waals surface area contributed by atoms with Crippen LogP contribution in [0.5, 0.6) is 0 Å². The van der Waals surface area contributed by atoms with Gasteiger partial charge in [0.1, 0.15) is 6.04 Å². The highest BCUT2D eigenvalue weighted by Crippen LogP contribution is 2.24. The first-order valence-electron chi connectivity index (χ1n) is 7.73. The molecule has 0 radical (unpaired) electrons. The van der Waals surface area contributed by atoms with Gasteiger partial charge in [-0.1, -0.05) is 26.0 Å². The van der Waals surface area contributed by atoms with Gasteiger partial charge in [0.2, 0.25) is 0 Å². The third-order valence-corrected chi connectivity index (χ3v) is 3.61. The van der Waals surface area contributed by atoms with Crippen LogP contribution in [0.15, 0.2) is 24.3 Å². The summed E-state index contributed by atoms with van der Waals surface area (Å²) in [5.74, 6) is -2.02. The van der Waals surface area contributed by atoms with Crippen LogP contribution < -0.4 is 5.32 Å². The molecule has 3 amide bonds. The molecule has 1 aromatic rings. The van der Waals surface area contributed by atoms with Crippen LogP contribution in [-0.4, -0.2) is 47.8 Å². The number of esters is 1. The summed E-state index contributed by atoms with van der Waals surface area (Å²) in [4.78, 5) is 49.1. The standard InChI is InChI=1S/C17H20N2O5/c1-10(2)8-18-14(20)9-24-17(23)11(3)19-15(21)12-6-4-5-7-13(12)16(19)22/h4-7,10-11H,8-9H2,1-3H3,(H,18,20)/t11-/m0/s1. The number of amides is 3. The van der Waals surface area contributed by atoms with Crippen molar-refractivity contribution in [2.75, 3.05) is 13.2 Å². The Morgan fingerprint density at radius 2 is 1.62 bits per heavy atom. The second kappa shape index (κ2) is 7.25. The van der Waals surface area contributed by atoms with Crippen molar-refractivity contribution in [2.45, 2.75) is 26.8 Å². The molecule has 0 spiro atoms. The van der Waals surface area contributed by atoms with Crippen molar-refractivity contribution in [3.8, 4) is 0 Å². The van der Waals surface area contributed by atoms with Gasteiger partial charge >= 0.3 is 5.97 Å². The molecule has 1 aliphatic rings. The number of hydrogen-bond acceptors (Lipinski definition) is 5. The Bertz CT molecular complexity index is 648. The second-order valence-corrected chi connectivity index (χ2v) is 6.01. The fourth-order valence-electron chi connectivity index (χ4n) is 2.29. The first-order valence-corrected chi connectivity index (χ1v) is 7.73.